The minimum atomic E-state index is -3.74. The van der Waals surface area contributed by atoms with Gasteiger partial charge in [-0.15, -0.1) is 0 Å². The molecule has 3 aromatic rings. The Bertz CT molecular complexity index is 1410. The standard InChI is InChI=1S/C24H30N4O6S/c1-6-34-18-8-7-16(35(30,31)28-11-9-27(3)10-12-28)13-17(18)23-25-22-15(2)19(32-4)14-20(33-5)21(22)24(29)26-23/h7-8,13-14H,6,9-12H2,1-5H3,(H,25,26,29). The number of hydrogen-bond donors (Lipinski definition) is 1. The van der Waals surface area contributed by atoms with Gasteiger partial charge in [0.25, 0.3) is 5.56 Å². The Labute approximate surface area is 204 Å². The number of nitrogens with zero attached hydrogens (tertiary/aromatic N) is 3. The van der Waals surface area contributed by atoms with Gasteiger partial charge in [-0.05, 0) is 39.1 Å². The molecule has 188 valence electrons. The fourth-order valence-corrected chi connectivity index (χ4v) is 5.65. The molecule has 1 N–H and O–H groups in total. The third-order valence-corrected chi connectivity index (χ3v) is 8.09. The molecule has 0 atom stereocenters. The summed E-state index contributed by atoms with van der Waals surface area (Å²) in [6.07, 6.45) is 0. The molecule has 1 aliphatic rings. The highest BCUT2D eigenvalue weighted by molar-refractivity contribution is 7.89. The molecule has 4 rings (SSSR count). The molecule has 0 spiro atoms. The number of sulfonamides is 1. The summed E-state index contributed by atoms with van der Waals surface area (Å²) in [7, 11) is 1.22. The Morgan fingerprint density at radius 2 is 1.71 bits per heavy atom. The first-order chi connectivity index (χ1) is 16.7. The summed E-state index contributed by atoms with van der Waals surface area (Å²) in [6.45, 7) is 6.12. The van der Waals surface area contributed by atoms with Crippen LogP contribution in [0.4, 0.5) is 0 Å². The van der Waals surface area contributed by atoms with Crippen LogP contribution in [0, 0.1) is 6.92 Å². The first kappa shape index (κ1) is 25.0. The maximum Gasteiger partial charge on any atom is 0.262 e. The predicted octanol–water partition coefficient (Wildman–Crippen LogP) is 2.25. The topological polar surface area (TPSA) is 114 Å². The molecule has 1 aromatic heterocycles. The fourth-order valence-electron chi connectivity index (χ4n) is 4.20. The van der Waals surface area contributed by atoms with Crippen LogP contribution < -0.4 is 19.8 Å². The Kier molecular flexibility index (Phi) is 7.02. The molecule has 1 fully saturated rings. The van der Waals surface area contributed by atoms with Gasteiger partial charge in [0, 0.05) is 37.8 Å². The largest absolute Gasteiger partial charge is 0.496 e. The van der Waals surface area contributed by atoms with Crippen LogP contribution >= 0.6 is 0 Å². The lowest BCUT2D eigenvalue weighted by molar-refractivity contribution is 0.222. The van der Waals surface area contributed by atoms with Crippen molar-refractivity contribution in [3.05, 3.63) is 40.2 Å². The van der Waals surface area contributed by atoms with Crippen LogP contribution in [0.1, 0.15) is 12.5 Å². The van der Waals surface area contributed by atoms with Gasteiger partial charge >= 0.3 is 0 Å². The number of aromatic nitrogens is 2. The third kappa shape index (κ3) is 4.58. The van der Waals surface area contributed by atoms with Crippen LogP contribution in [0.25, 0.3) is 22.3 Å². The van der Waals surface area contributed by atoms with E-state index in [2.05, 4.69) is 9.88 Å². The number of benzene rings is 2. The second-order valence-corrected chi connectivity index (χ2v) is 10.3. The molecule has 2 heterocycles. The molecule has 0 saturated carbocycles. The number of aryl methyl sites for hydroxylation is 1. The molecule has 0 bridgehead atoms. The molecule has 0 aliphatic carbocycles. The molecular formula is C24H30N4O6S. The summed E-state index contributed by atoms with van der Waals surface area (Å²) < 4.78 is 44.9. The molecular weight excluding hydrogens is 472 g/mol. The van der Waals surface area contributed by atoms with E-state index in [0.717, 1.165) is 0 Å². The molecule has 35 heavy (non-hydrogen) atoms. The van der Waals surface area contributed by atoms with Crippen LogP contribution in [0.2, 0.25) is 0 Å². The van der Waals surface area contributed by atoms with Crippen molar-refractivity contribution >= 4 is 20.9 Å². The molecule has 0 unspecified atom stereocenters. The van der Waals surface area contributed by atoms with Crippen LogP contribution in [-0.2, 0) is 10.0 Å². The molecule has 0 amide bonds. The van der Waals surface area contributed by atoms with Crippen molar-refractivity contribution in [2.45, 2.75) is 18.7 Å². The lowest BCUT2D eigenvalue weighted by atomic mass is 10.1. The highest BCUT2D eigenvalue weighted by Crippen LogP contribution is 2.36. The van der Waals surface area contributed by atoms with Crippen LogP contribution in [0.15, 0.2) is 34.0 Å². The van der Waals surface area contributed by atoms with E-state index in [1.165, 1.54) is 30.7 Å². The molecule has 0 radical (unpaired) electrons. The van der Waals surface area contributed by atoms with Crippen LogP contribution in [0.5, 0.6) is 17.2 Å². The lowest BCUT2D eigenvalue weighted by Crippen LogP contribution is -2.47. The molecule has 1 aliphatic heterocycles. The molecule has 1 saturated heterocycles. The van der Waals surface area contributed by atoms with Crippen molar-refractivity contribution in [1.82, 2.24) is 19.2 Å². The highest BCUT2D eigenvalue weighted by atomic mass is 32.2. The number of rotatable bonds is 7. The number of fused-ring (bicyclic) bond motifs is 1. The van der Waals surface area contributed by atoms with Gasteiger partial charge in [0.2, 0.25) is 10.0 Å². The van der Waals surface area contributed by atoms with Crippen molar-refractivity contribution in [3.63, 3.8) is 0 Å². The van der Waals surface area contributed by atoms with E-state index in [4.69, 9.17) is 19.2 Å². The summed E-state index contributed by atoms with van der Waals surface area (Å²) in [6, 6.07) is 6.28. The average molecular weight is 503 g/mol. The quantitative estimate of drug-likeness (QED) is 0.523. The summed E-state index contributed by atoms with van der Waals surface area (Å²) in [4.78, 5) is 22.8. The smallest absolute Gasteiger partial charge is 0.262 e. The second-order valence-electron chi connectivity index (χ2n) is 8.34. The van der Waals surface area contributed by atoms with Gasteiger partial charge in [-0.3, -0.25) is 4.79 Å². The van der Waals surface area contributed by atoms with Gasteiger partial charge in [-0.2, -0.15) is 4.31 Å². The van der Waals surface area contributed by atoms with E-state index in [-0.39, 0.29) is 16.1 Å². The normalized spacial score (nSPS) is 15.3. The Morgan fingerprint density at radius 1 is 1.03 bits per heavy atom. The molecule has 2 aromatic carbocycles. The van der Waals surface area contributed by atoms with Crippen molar-refractivity contribution in [3.8, 4) is 28.6 Å². The SMILES string of the molecule is CCOc1ccc(S(=O)(=O)N2CCN(C)CC2)cc1-c1nc2c(C)c(OC)cc(OC)c2c(=O)[nH]1. The van der Waals surface area contributed by atoms with Gasteiger partial charge < -0.3 is 24.1 Å². The van der Waals surface area contributed by atoms with Gasteiger partial charge in [-0.25, -0.2) is 13.4 Å². The zero-order valence-electron chi connectivity index (χ0n) is 20.5. The fraction of sp³-hybridized carbons (Fsp3) is 0.417. The Balaban J connectivity index is 1.91. The monoisotopic (exact) mass is 502 g/mol. The Hall–Kier alpha value is -3.15. The van der Waals surface area contributed by atoms with E-state index >= 15 is 0 Å². The number of methoxy groups -OCH3 is 2. The minimum absolute atomic E-state index is 0.114. The van der Waals surface area contributed by atoms with Gasteiger partial charge in [-0.1, -0.05) is 0 Å². The number of ether oxygens (including phenoxy) is 3. The second kappa shape index (κ2) is 9.84. The predicted molar refractivity (Wildman–Crippen MR) is 133 cm³/mol. The van der Waals surface area contributed by atoms with E-state index in [1.54, 1.807) is 19.1 Å². The van der Waals surface area contributed by atoms with Crippen LogP contribution in [0.3, 0.4) is 0 Å². The number of piperazine rings is 1. The van der Waals surface area contributed by atoms with Crippen molar-refractivity contribution in [2.75, 3.05) is 54.1 Å². The van der Waals surface area contributed by atoms with Gasteiger partial charge in [0.15, 0.2) is 0 Å². The zero-order valence-corrected chi connectivity index (χ0v) is 21.4. The summed E-state index contributed by atoms with van der Waals surface area (Å²) in [5.74, 6) is 1.47. The van der Waals surface area contributed by atoms with Gasteiger partial charge in [0.05, 0.1) is 36.8 Å². The minimum Gasteiger partial charge on any atom is -0.496 e. The number of hydrogen-bond acceptors (Lipinski definition) is 8. The number of nitrogens with one attached hydrogen (secondary N) is 1. The van der Waals surface area contributed by atoms with E-state index in [0.29, 0.717) is 66.7 Å². The third-order valence-electron chi connectivity index (χ3n) is 6.20. The molecule has 10 nitrogen and oxygen atoms in total. The maximum absolute atomic E-state index is 13.4. The summed E-state index contributed by atoms with van der Waals surface area (Å²) in [5, 5.41) is 0.286. The Morgan fingerprint density at radius 3 is 2.34 bits per heavy atom. The zero-order chi connectivity index (χ0) is 25.3. The lowest BCUT2D eigenvalue weighted by Gasteiger charge is -2.31. The van der Waals surface area contributed by atoms with E-state index in [1.807, 2.05) is 14.0 Å². The van der Waals surface area contributed by atoms with E-state index in [9.17, 15) is 13.2 Å². The van der Waals surface area contributed by atoms with Crippen molar-refractivity contribution < 1.29 is 22.6 Å². The highest BCUT2D eigenvalue weighted by Gasteiger charge is 2.29. The van der Waals surface area contributed by atoms with E-state index < -0.39 is 15.6 Å². The summed E-state index contributed by atoms with van der Waals surface area (Å²) >= 11 is 0. The average Bonchev–Trinajstić information content (AvgIpc) is 2.85. The van der Waals surface area contributed by atoms with Crippen molar-refractivity contribution in [1.29, 1.82) is 0 Å². The van der Waals surface area contributed by atoms with Crippen LogP contribution in [-0.4, -0.2) is 81.6 Å². The number of H-pyrrole nitrogens is 1. The molecule has 11 heteroatoms. The van der Waals surface area contributed by atoms with Crippen molar-refractivity contribution in [2.24, 2.45) is 0 Å². The first-order valence-electron chi connectivity index (χ1n) is 11.3. The van der Waals surface area contributed by atoms with Gasteiger partial charge in [0.1, 0.15) is 28.5 Å². The maximum atomic E-state index is 13.4. The number of aromatic amines is 1. The first-order valence-corrected chi connectivity index (χ1v) is 12.8. The number of likely N-dealkylation sites (N-methyl/N-ethyl adjacent to an activating group) is 1. The summed E-state index contributed by atoms with van der Waals surface area (Å²) in [5.41, 5.74) is 1.02.